The van der Waals surface area contributed by atoms with Gasteiger partial charge in [0.25, 0.3) is 0 Å². The van der Waals surface area contributed by atoms with Crippen LogP contribution < -0.4 is 18.9 Å². The summed E-state index contributed by atoms with van der Waals surface area (Å²) in [5, 5.41) is 9.05. The van der Waals surface area contributed by atoms with E-state index in [-0.39, 0.29) is 18.3 Å². The molecule has 2 aromatic carbocycles. The highest BCUT2D eigenvalue weighted by molar-refractivity contribution is 5.89. The maximum atomic E-state index is 14.2. The van der Waals surface area contributed by atoms with Gasteiger partial charge in [0, 0.05) is 18.9 Å². The van der Waals surface area contributed by atoms with Crippen molar-refractivity contribution in [3.8, 4) is 23.0 Å². The minimum absolute atomic E-state index is 0. The van der Waals surface area contributed by atoms with Crippen molar-refractivity contribution in [2.24, 2.45) is 0 Å². The van der Waals surface area contributed by atoms with Crippen LogP contribution in [-0.2, 0) is 25.5 Å². The molecule has 1 aliphatic heterocycles. The number of carbonyl (C=O) groups is 3. The summed E-state index contributed by atoms with van der Waals surface area (Å²) in [7, 11) is 4.58. The van der Waals surface area contributed by atoms with Crippen LogP contribution in [0.4, 0.5) is 0 Å². The zero-order valence-electron chi connectivity index (χ0n) is 27.2. The van der Waals surface area contributed by atoms with Crippen LogP contribution in [0.5, 0.6) is 23.0 Å². The molecule has 47 heavy (non-hydrogen) atoms. The second kappa shape index (κ2) is 18.0. The van der Waals surface area contributed by atoms with Crippen molar-refractivity contribution in [1.29, 1.82) is 0 Å². The molecular formula is C35H43ClN2O9. The number of carbonyl (C=O) groups excluding carboxylic acids is 2. The number of ether oxygens (including phenoxy) is 5. The van der Waals surface area contributed by atoms with Gasteiger partial charge in [0.2, 0.25) is 11.7 Å². The second-order valence-electron chi connectivity index (χ2n) is 11.0. The normalized spacial score (nSPS) is 15.4. The van der Waals surface area contributed by atoms with Gasteiger partial charge in [-0.15, -0.1) is 12.4 Å². The van der Waals surface area contributed by atoms with E-state index in [2.05, 4.69) is 4.98 Å². The Balaban J connectivity index is 0.00000600. The molecule has 1 N–H and O–H groups in total. The van der Waals surface area contributed by atoms with Gasteiger partial charge < -0.3 is 33.7 Å². The first-order chi connectivity index (χ1) is 22.3. The number of hydrogen-bond donors (Lipinski definition) is 1. The van der Waals surface area contributed by atoms with E-state index >= 15 is 0 Å². The highest BCUT2D eigenvalue weighted by Crippen LogP contribution is 2.41. The van der Waals surface area contributed by atoms with E-state index in [0.717, 1.165) is 18.4 Å². The number of benzene rings is 2. The van der Waals surface area contributed by atoms with Crippen LogP contribution >= 0.6 is 12.4 Å². The summed E-state index contributed by atoms with van der Waals surface area (Å²) < 4.78 is 28.1. The van der Waals surface area contributed by atoms with Crippen LogP contribution in [0, 0.1) is 0 Å². The molecule has 1 aromatic heterocycles. The van der Waals surface area contributed by atoms with Gasteiger partial charge in [0.05, 0.1) is 27.2 Å². The first-order valence-electron chi connectivity index (χ1n) is 15.4. The maximum absolute atomic E-state index is 14.2. The van der Waals surface area contributed by atoms with Crippen LogP contribution in [0.3, 0.4) is 0 Å². The number of aromatic nitrogens is 1. The van der Waals surface area contributed by atoms with Crippen LogP contribution in [-0.4, -0.2) is 73.4 Å². The number of likely N-dealkylation sites (tertiary alicyclic amines) is 1. The first-order valence-corrected chi connectivity index (χ1v) is 15.4. The predicted molar refractivity (Wildman–Crippen MR) is 177 cm³/mol. The maximum Gasteiger partial charge on any atom is 0.341 e. The van der Waals surface area contributed by atoms with E-state index in [9.17, 15) is 14.4 Å². The number of methoxy groups -OCH3 is 3. The van der Waals surface area contributed by atoms with E-state index in [1.165, 1.54) is 21.3 Å². The number of carboxylic acid groups (broad SMARTS) is 1. The Morgan fingerprint density at radius 3 is 2.34 bits per heavy atom. The number of aryl methyl sites for hydroxylation is 1. The SMILES string of the molecule is CC[C@H](C(=O)N1CCCC[C@H]1C(=O)O[C@H](CCc1cccnc1)c1cccc(OCC(=O)O)c1)c1cc(OC)c(OC)c(OC)c1.Cl. The zero-order valence-corrected chi connectivity index (χ0v) is 28.0. The van der Waals surface area contributed by atoms with Gasteiger partial charge in [0.1, 0.15) is 17.9 Å². The average Bonchev–Trinajstić information content (AvgIpc) is 3.09. The number of hydrogen-bond acceptors (Lipinski definition) is 9. The van der Waals surface area contributed by atoms with E-state index in [1.807, 2.05) is 25.1 Å². The minimum Gasteiger partial charge on any atom is -0.493 e. The number of piperidine rings is 1. The third kappa shape index (κ3) is 9.51. The van der Waals surface area contributed by atoms with Crippen molar-refractivity contribution in [3.05, 3.63) is 77.6 Å². The summed E-state index contributed by atoms with van der Waals surface area (Å²) in [5.41, 5.74) is 2.34. The number of aliphatic carboxylic acids is 1. The number of carboxylic acids is 1. The van der Waals surface area contributed by atoms with Crippen molar-refractivity contribution in [1.82, 2.24) is 9.88 Å². The number of amides is 1. The Bertz CT molecular complexity index is 1460. The number of nitrogens with zero attached hydrogens (tertiary/aromatic N) is 2. The lowest BCUT2D eigenvalue weighted by atomic mass is 9.91. The summed E-state index contributed by atoms with van der Waals surface area (Å²) in [6.45, 7) is 1.86. The Hall–Kier alpha value is -4.51. The lowest BCUT2D eigenvalue weighted by molar-refractivity contribution is -0.162. The van der Waals surface area contributed by atoms with Crippen molar-refractivity contribution < 1.29 is 43.2 Å². The van der Waals surface area contributed by atoms with Gasteiger partial charge >= 0.3 is 11.9 Å². The Kier molecular flexibility index (Phi) is 14.1. The summed E-state index contributed by atoms with van der Waals surface area (Å²) >= 11 is 0. The first kappa shape index (κ1) is 37.0. The summed E-state index contributed by atoms with van der Waals surface area (Å²) in [4.78, 5) is 45.0. The van der Waals surface area contributed by atoms with Crippen LogP contribution in [0.2, 0.25) is 0 Å². The van der Waals surface area contributed by atoms with E-state index in [4.69, 9.17) is 28.8 Å². The van der Waals surface area contributed by atoms with Gasteiger partial charge in [-0.25, -0.2) is 9.59 Å². The molecule has 1 fully saturated rings. The summed E-state index contributed by atoms with van der Waals surface area (Å²) in [6, 6.07) is 13.5. The van der Waals surface area contributed by atoms with Crippen molar-refractivity contribution in [2.75, 3.05) is 34.5 Å². The highest BCUT2D eigenvalue weighted by atomic mass is 35.5. The van der Waals surface area contributed by atoms with Crippen LogP contribution in [0.25, 0.3) is 0 Å². The number of rotatable bonds is 15. The van der Waals surface area contributed by atoms with E-state index in [0.29, 0.717) is 66.4 Å². The molecule has 12 heteroatoms. The van der Waals surface area contributed by atoms with Gasteiger partial charge in [0.15, 0.2) is 18.1 Å². The minimum atomic E-state index is -1.09. The average molecular weight is 671 g/mol. The molecule has 1 amide bonds. The molecule has 2 heterocycles. The molecule has 0 spiro atoms. The lowest BCUT2D eigenvalue weighted by Crippen LogP contribution is -2.50. The van der Waals surface area contributed by atoms with Crippen molar-refractivity contribution in [3.63, 3.8) is 0 Å². The second-order valence-corrected chi connectivity index (χ2v) is 11.0. The largest absolute Gasteiger partial charge is 0.493 e. The fourth-order valence-corrected chi connectivity index (χ4v) is 5.80. The van der Waals surface area contributed by atoms with Crippen molar-refractivity contribution in [2.45, 2.75) is 63.5 Å². The molecule has 11 nitrogen and oxygen atoms in total. The smallest absolute Gasteiger partial charge is 0.341 e. The summed E-state index contributed by atoms with van der Waals surface area (Å²) in [5.74, 6) is -0.615. The Labute approximate surface area is 281 Å². The van der Waals surface area contributed by atoms with Crippen molar-refractivity contribution >= 4 is 30.3 Å². The Morgan fingerprint density at radius 2 is 1.72 bits per heavy atom. The molecule has 4 rings (SSSR count). The molecule has 1 aliphatic rings. The highest BCUT2D eigenvalue weighted by Gasteiger charge is 2.38. The monoisotopic (exact) mass is 670 g/mol. The van der Waals surface area contributed by atoms with Gasteiger partial charge in [-0.1, -0.05) is 25.1 Å². The number of halogens is 1. The third-order valence-electron chi connectivity index (χ3n) is 8.12. The van der Waals surface area contributed by atoms with E-state index in [1.54, 1.807) is 47.6 Å². The van der Waals surface area contributed by atoms with Crippen LogP contribution in [0.1, 0.15) is 67.7 Å². The fraction of sp³-hybridized carbons (Fsp3) is 0.429. The molecule has 0 radical (unpaired) electrons. The number of esters is 1. The Morgan fingerprint density at radius 1 is 0.979 bits per heavy atom. The molecule has 0 bridgehead atoms. The van der Waals surface area contributed by atoms with Crippen LogP contribution in [0.15, 0.2) is 60.9 Å². The van der Waals surface area contributed by atoms with Gasteiger partial charge in [-0.05, 0) is 85.5 Å². The molecule has 3 aromatic rings. The number of pyridine rings is 1. The molecular weight excluding hydrogens is 628 g/mol. The molecule has 0 saturated carbocycles. The third-order valence-corrected chi connectivity index (χ3v) is 8.12. The van der Waals surface area contributed by atoms with Gasteiger partial charge in [-0.3, -0.25) is 9.78 Å². The molecule has 254 valence electrons. The summed E-state index contributed by atoms with van der Waals surface area (Å²) in [6.07, 6.45) is 6.35. The zero-order chi connectivity index (χ0) is 33.1. The molecule has 1 saturated heterocycles. The lowest BCUT2D eigenvalue weighted by Gasteiger charge is -2.37. The molecule has 3 atom stereocenters. The van der Waals surface area contributed by atoms with E-state index < -0.39 is 36.6 Å². The topological polar surface area (TPSA) is 134 Å². The molecule has 0 unspecified atom stereocenters. The fourth-order valence-electron chi connectivity index (χ4n) is 5.80. The quantitative estimate of drug-likeness (QED) is 0.198. The predicted octanol–water partition coefficient (Wildman–Crippen LogP) is 5.78. The van der Waals surface area contributed by atoms with Gasteiger partial charge in [-0.2, -0.15) is 0 Å². The standard InChI is InChI=1S/C35H42N2O9.ClH/c1-5-27(25-19-30(42-2)33(44-4)31(20-25)43-3)34(40)37-17-7-6-13-28(37)35(41)46-29(15-14-23-10-9-16-36-21-23)24-11-8-12-26(18-24)45-22-32(38)39;/h8-12,16,18-21,27-29H,5-7,13-15,17,22H2,1-4H3,(H,38,39);1H/t27-,28-,29+;/m0./s1. The molecule has 0 aliphatic carbocycles.